The van der Waals surface area contributed by atoms with Gasteiger partial charge in [-0.3, -0.25) is 4.79 Å². The van der Waals surface area contributed by atoms with Crippen LogP contribution < -0.4 is 0 Å². The van der Waals surface area contributed by atoms with E-state index in [4.69, 9.17) is 4.42 Å². The Balaban J connectivity index is 1.86. The molecule has 0 aliphatic carbocycles. The van der Waals surface area contributed by atoms with E-state index in [0.29, 0.717) is 12.2 Å². The van der Waals surface area contributed by atoms with Crippen LogP contribution in [0.2, 0.25) is 0 Å². The minimum Gasteiger partial charge on any atom is -0.472 e. The number of hydrogen-bond acceptors (Lipinski definition) is 2. The molecule has 0 amide bonds. The third-order valence-corrected chi connectivity index (χ3v) is 3.54. The lowest BCUT2D eigenvalue weighted by molar-refractivity contribution is -0.118. The molecule has 0 N–H and O–H groups in total. The average molecular weight is 264 g/mol. The van der Waals surface area contributed by atoms with Crippen molar-refractivity contribution < 1.29 is 9.21 Å². The summed E-state index contributed by atoms with van der Waals surface area (Å²) in [6.45, 7) is 2.25. The molecule has 108 valence electrons. The second-order valence-corrected chi connectivity index (χ2v) is 5.43. The zero-order chi connectivity index (χ0) is 13.8. The van der Waals surface area contributed by atoms with E-state index in [2.05, 4.69) is 6.92 Å². The normalized spacial score (nSPS) is 10.8. The first-order chi connectivity index (χ1) is 9.33. The number of carbonyl (C=O) groups is 1. The molecule has 0 saturated heterocycles. The molecule has 0 aliphatic rings. The Morgan fingerprint density at radius 3 is 2.21 bits per heavy atom. The molecule has 0 aromatic carbocycles. The Morgan fingerprint density at radius 1 is 1.00 bits per heavy atom. The summed E-state index contributed by atoms with van der Waals surface area (Å²) in [5.41, 5.74) is 1.00. The van der Waals surface area contributed by atoms with Crippen LogP contribution in [0.3, 0.4) is 0 Å². The number of ketones is 1. The topological polar surface area (TPSA) is 30.2 Å². The largest absolute Gasteiger partial charge is 0.472 e. The fourth-order valence-electron chi connectivity index (χ4n) is 2.34. The lowest BCUT2D eigenvalue weighted by Gasteiger charge is -2.02. The SMILES string of the molecule is CCCCCCCCCCCC(=O)Cc1ccoc1. The highest BCUT2D eigenvalue weighted by Gasteiger charge is 2.04. The van der Waals surface area contributed by atoms with Crippen LogP contribution >= 0.6 is 0 Å². The second kappa shape index (κ2) is 10.8. The van der Waals surface area contributed by atoms with Gasteiger partial charge in [-0.1, -0.05) is 58.3 Å². The van der Waals surface area contributed by atoms with Gasteiger partial charge in [0.05, 0.1) is 12.5 Å². The second-order valence-electron chi connectivity index (χ2n) is 5.43. The van der Waals surface area contributed by atoms with E-state index in [0.717, 1.165) is 18.4 Å². The molecule has 0 saturated carbocycles. The van der Waals surface area contributed by atoms with Crippen molar-refractivity contribution in [1.82, 2.24) is 0 Å². The molecule has 19 heavy (non-hydrogen) atoms. The predicted molar refractivity (Wildman–Crippen MR) is 79.3 cm³/mol. The van der Waals surface area contributed by atoms with Gasteiger partial charge in [-0.25, -0.2) is 0 Å². The van der Waals surface area contributed by atoms with Crippen molar-refractivity contribution in [2.45, 2.75) is 77.6 Å². The van der Waals surface area contributed by atoms with Crippen molar-refractivity contribution in [1.29, 1.82) is 0 Å². The van der Waals surface area contributed by atoms with E-state index in [9.17, 15) is 4.79 Å². The molecule has 1 aromatic heterocycles. The van der Waals surface area contributed by atoms with E-state index in [1.54, 1.807) is 12.5 Å². The van der Waals surface area contributed by atoms with Crippen LogP contribution in [0.25, 0.3) is 0 Å². The molecule has 0 aliphatic heterocycles. The molecule has 0 atom stereocenters. The first kappa shape index (κ1) is 16.0. The lowest BCUT2D eigenvalue weighted by Crippen LogP contribution is -2.01. The monoisotopic (exact) mass is 264 g/mol. The number of unbranched alkanes of at least 4 members (excludes halogenated alkanes) is 8. The fraction of sp³-hybridized carbons (Fsp3) is 0.706. The zero-order valence-electron chi connectivity index (χ0n) is 12.3. The number of hydrogen-bond donors (Lipinski definition) is 0. The zero-order valence-corrected chi connectivity index (χ0v) is 12.3. The van der Waals surface area contributed by atoms with Gasteiger partial charge in [0.15, 0.2) is 0 Å². The molecule has 1 heterocycles. The van der Waals surface area contributed by atoms with Gasteiger partial charge < -0.3 is 4.42 Å². The molecule has 0 radical (unpaired) electrons. The summed E-state index contributed by atoms with van der Waals surface area (Å²) < 4.78 is 4.96. The minimum absolute atomic E-state index is 0.337. The molecule has 2 nitrogen and oxygen atoms in total. The standard InChI is InChI=1S/C17H28O2/c1-2-3-4-5-6-7-8-9-10-11-17(18)14-16-12-13-19-15-16/h12-13,15H,2-11,14H2,1H3. The number of Topliss-reactive ketones (excluding diaryl/α,β-unsaturated/α-hetero) is 1. The van der Waals surface area contributed by atoms with Crippen LogP contribution in [-0.2, 0) is 11.2 Å². The maximum atomic E-state index is 11.7. The van der Waals surface area contributed by atoms with Gasteiger partial charge in [-0.15, -0.1) is 0 Å². The van der Waals surface area contributed by atoms with E-state index in [1.807, 2.05) is 6.07 Å². The van der Waals surface area contributed by atoms with E-state index in [1.165, 1.54) is 51.4 Å². The highest BCUT2D eigenvalue weighted by molar-refractivity contribution is 5.80. The lowest BCUT2D eigenvalue weighted by atomic mass is 10.0. The quantitative estimate of drug-likeness (QED) is 0.479. The number of rotatable bonds is 12. The summed E-state index contributed by atoms with van der Waals surface area (Å²) in [4.78, 5) is 11.7. The Labute approximate surface area is 117 Å². The maximum Gasteiger partial charge on any atom is 0.137 e. The van der Waals surface area contributed by atoms with Gasteiger partial charge in [0.25, 0.3) is 0 Å². The van der Waals surface area contributed by atoms with Gasteiger partial charge in [-0.2, -0.15) is 0 Å². The van der Waals surface area contributed by atoms with Crippen molar-refractivity contribution in [3.63, 3.8) is 0 Å². The molecular weight excluding hydrogens is 236 g/mol. The van der Waals surface area contributed by atoms with Crippen LogP contribution in [0, 0.1) is 0 Å². The Morgan fingerprint density at radius 2 is 1.63 bits per heavy atom. The molecule has 0 fully saturated rings. The molecular formula is C17H28O2. The number of carbonyl (C=O) groups excluding carboxylic acids is 1. The van der Waals surface area contributed by atoms with Gasteiger partial charge in [0.1, 0.15) is 5.78 Å². The molecule has 1 rings (SSSR count). The summed E-state index contributed by atoms with van der Waals surface area (Å²) in [7, 11) is 0. The number of furan rings is 1. The molecule has 0 unspecified atom stereocenters. The summed E-state index contributed by atoms with van der Waals surface area (Å²) in [6, 6.07) is 1.87. The summed E-state index contributed by atoms with van der Waals surface area (Å²) in [5, 5.41) is 0. The van der Waals surface area contributed by atoms with Crippen molar-refractivity contribution in [3.8, 4) is 0 Å². The van der Waals surface area contributed by atoms with Crippen LogP contribution in [0.5, 0.6) is 0 Å². The van der Waals surface area contributed by atoms with E-state index in [-0.39, 0.29) is 0 Å². The highest BCUT2D eigenvalue weighted by atomic mass is 16.3. The minimum atomic E-state index is 0.337. The van der Waals surface area contributed by atoms with E-state index >= 15 is 0 Å². The van der Waals surface area contributed by atoms with Crippen molar-refractivity contribution in [2.24, 2.45) is 0 Å². The first-order valence-electron chi connectivity index (χ1n) is 7.85. The first-order valence-corrected chi connectivity index (χ1v) is 7.85. The smallest absolute Gasteiger partial charge is 0.137 e. The molecule has 0 bridgehead atoms. The molecule has 1 aromatic rings. The summed E-state index contributed by atoms with van der Waals surface area (Å²) in [5.74, 6) is 0.337. The van der Waals surface area contributed by atoms with Crippen LogP contribution in [-0.4, -0.2) is 5.78 Å². The Kier molecular flexibility index (Phi) is 9.13. The van der Waals surface area contributed by atoms with Gasteiger partial charge in [0, 0.05) is 12.8 Å². The van der Waals surface area contributed by atoms with Crippen molar-refractivity contribution in [3.05, 3.63) is 24.2 Å². The van der Waals surface area contributed by atoms with Crippen LogP contribution in [0.15, 0.2) is 23.0 Å². The summed E-state index contributed by atoms with van der Waals surface area (Å²) in [6.07, 6.45) is 16.2. The average Bonchev–Trinajstić information content (AvgIpc) is 2.89. The van der Waals surface area contributed by atoms with E-state index < -0.39 is 0 Å². The Bertz CT molecular complexity index is 314. The third-order valence-electron chi connectivity index (χ3n) is 3.54. The van der Waals surface area contributed by atoms with Gasteiger partial charge in [-0.05, 0) is 18.1 Å². The van der Waals surface area contributed by atoms with Crippen LogP contribution in [0.4, 0.5) is 0 Å². The van der Waals surface area contributed by atoms with Gasteiger partial charge in [0.2, 0.25) is 0 Å². The summed E-state index contributed by atoms with van der Waals surface area (Å²) >= 11 is 0. The van der Waals surface area contributed by atoms with Crippen molar-refractivity contribution >= 4 is 5.78 Å². The highest BCUT2D eigenvalue weighted by Crippen LogP contribution is 2.11. The molecule has 2 heteroatoms. The third kappa shape index (κ3) is 8.63. The predicted octanol–water partition coefficient (Wildman–Crippen LogP) is 5.31. The maximum absolute atomic E-state index is 11.7. The van der Waals surface area contributed by atoms with Crippen molar-refractivity contribution in [2.75, 3.05) is 0 Å². The Hall–Kier alpha value is -1.05. The fourth-order valence-corrected chi connectivity index (χ4v) is 2.34. The van der Waals surface area contributed by atoms with Crippen LogP contribution in [0.1, 0.15) is 76.7 Å². The van der Waals surface area contributed by atoms with Gasteiger partial charge >= 0.3 is 0 Å². The molecule has 0 spiro atoms.